The second-order valence-corrected chi connectivity index (χ2v) is 4.72. The summed E-state index contributed by atoms with van der Waals surface area (Å²) in [6.45, 7) is 2.26. The number of rotatable bonds is 2. The molecule has 1 saturated heterocycles. The lowest BCUT2D eigenvalue weighted by Crippen LogP contribution is -2.43. The van der Waals surface area contributed by atoms with Crippen LogP contribution in [0.1, 0.15) is 32.1 Å². The highest BCUT2D eigenvalue weighted by Gasteiger charge is 2.31. The molecule has 0 radical (unpaired) electrons. The van der Waals surface area contributed by atoms with Crippen molar-refractivity contribution in [3.63, 3.8) is 0 Å². The highest BCUT2D eigenvalue weighted by molar-refractivity contribution is 5.85. The molecule has 0 aromatic heterocycles. The molecule has 1 aliphatic heterocycles. The molecule has 0 aromatic carbocycles. The molecule has 2 atom stereocenters. The molecular weight excluding hydrogens is 214 g/mol. The summed E-state index contributed by atoms with van der Waals surface area (Å²) >= 11 is 0. The fraction of sp³-hybridized carbons (Fsp3) is 0.909. The molecule has 2 fully saturated rings. The third-order valence-electron chi connectivity index (χ3n) is 3.73. The summed E-state index contributed by atoms with van der Waals surface area (Å²) in [5.74, 6) is 1.00. The number of carbonyl (C=O) groups is 1. The fourth-order valence-corrected chi connectivity index (χ4v) is 3.01. The first-order valence-electron chi connectivity index (χ1n) is 5.70. The van der Waals surface area contributed by atoms with Crippen molar-refractivity contribution in [1.29, 1.82) is 0 Å². The van der Waals surface area contributed by atoms with Crippen LogP contribution in [0, 0.1) is 11.8 Å². The highest BCUT2D eigenvalue weighted by Crippen LogP contribution is 2.35. The van der Waals surface area contributed by atoms with E-state index in [0.717, 1.165) is 24.9 Å². The van der Waals surface area contributed by atoms with Crippen LogP contribution in [0.15, 0.2) is 0 Å². The maximum atomic E-state index is 10.6. The van der Waals surface area contributed by atoms with Crippen molar-refractivity contribution in [3.05, 3.63) is 0 Å². The summed E-state index contributed by atoms with van der Waals surface area (Å²) in [5, 5.41) is 8.72. The van der Waals surface area contributed by atoms with E-state index in [2.05, 4.69) is 4.90 Å². The highest BCUT2D eigenvalue weighted by atomic mass is 35.5. The molecule has 3 nitrogen and oxygen atoms in total. The van der Waals surface area contributed by atoms with Crippen molar-refractivity contribution < 1.29 is 9.90 Å². The fourth-order valence-electron chi connectivity index (χ4n) is 3.01. The van der Waals surface area contributed by atoms with Gasteiger partial charge in [-0.3, -0.25) is 9.69 Å². The minimum absolute atomic E-state index is 0. The van der Waals surface area contributed by atoms with Crippen molar-refractivity contribution >= 4 is 18.4 Å². The normalized spacial score (nSPS) is 31.5. The minimum Gasteiger partial charge on any atom is -0.480 e. The van der Waals surface area contributed by atoms with Crippen LogP contribution >= 0.6 is 12.4 Å². The predicted octanol–water partition coefficient (Wildman–Crippen LogP) is 2.00. The SMILES string of the molecule is Cl.O=C(O)CN1CCC2CCCCC2C1. The largest absolute Gasteiger partial charge is 0.480 e. The van der Waals surface area contributed by atoms with Gasteiger partial charge in [0.25, 0.3) is 0 Å². The van der Waals surface area contributed by atoms with E-state index in [1.807, 2.05) is 0 Å². The van der Waals surface area contributed by atoms with E-state index < -0.39 is 5.97 Å². The number of halogens is 1. The van der Waals surface area contributed by atoms with Crippen LogP contribution in [0.3, 0.4) is 0 Å². The van der Waals surface area contributed by atoms with Gasteiger partial charge in [-0.2, -0.15) is 0 Å². The Bertz CT molecular complexity index is 223. The van der Waals surface area contributed by atoms with Crippen LogP contribution < -0.4 is 0 Å². The van der Waals surface area contributed by atoms with Crippen LogP contribution in [0.4, 0.5) is 0 Å². The topological polar surface area (TPSA) is 40.5 Å². The smallest absolute Gasteiger partial charge is 0.317 e. The minimum atomic E-state index is -0.681. The van der Waals surface area contributed by atoms with Gasteiger partial charge in [0.2, 0.25) is 0 Å². The number of aliphatic carboxylic acids is 1. The lowest BCUT2D eigenvalue weighted by atomic mass is 9.75. The van der Waals surface area contributed by atoms with Crippen LogP contribution in [0.25, 0.3) is 0 Å². The third-order valence-corrected chi connectivity index (χ3v) is 3.73. The first-order valence-corrected chi connectivity index (χ1v) is 5.70. The van der Waals surface area contributed by atoms with Gasteiger partial charge in [-0.05, 0) is 31.2 Å². The van der Waals surface area contributed by atoms with E-state index in [0.29, 0.717) is 0 Å². The summed E-state index contributed by atoms with van der Waals surface area (Å²) in [7, 11) is 0. The summed E-state index contributed by atoms with van der Waals surface area (Å²) in [5.41, 5.74) is 0. The van der Waals surface area contributed by atoms with E-state index in [4.69, 9.17) is 5.11 Å². The van der Waals surface area contributed by atoms with Crippen molar-refractivity contribution in [1.82, 2.24) is 4.90 Å². The van der Waals surface area contributed by atoms with Crippen molar-refractivity contribution in [3.8, 4) is 0 Å². The quantitative estimate of drug-likeness (QED) is 0.793. The summed E-state index contributed by atoms with van der Waals surface area (Å²) < 4.78 is 0. The Labute approximate surface area is 97.2 Å². The second kappa shape index (κ2) is 5.71. The standard InChI is InChI=1S/C11H19NO2.ClH/c13-11(14)8-12-6-5-9-3-1-2-4-10(9)7-12;/h9-10H,1-8H2,(H,13,14);1H. The number of likely N-dealkylation sites (tertiary alicyclic amines) is 1. The predicted molar refractivity (Wildman–Crippen MR) is 61.4 cm³/mol. The van der Waals surface area contributed by atoms with Gasteiger partial charge in [-0.25, -0.2) is 0 Å². The van der Waals surface area contributed by atoms with Gasteiger partial charge in [-0.15, -0.1) is 12.4 Å². The maximum Gasteiger partial charge on any atom is 0.317 e. The molecule has 0 spiro atoms. The average molecular weight is 234 g/mol. The molecule has 1 saturated carbocycles. The number of piperidine rings is 1. The van der Waals surface area contributed by atoms with Gasteiger partial charge in [0, 0.05) is 6.54 Å². The first kappa shape index (κ1) is 12.8. The van der Waals surface area contributed by atoms with Gasteiger partial charge >= 0.3 is 5.97 Å². The van der Waals surface area contributed by atoms with Gasteiger partial charge in [0.1, 0.15) is 0 Å². The van der Waals surface area contributed by atoms with E-state index in [1.165, 1.54) is 32.1 Å². The monoisotopic (exact) mass is 233 g/mol. The van der Waals surface area contributed by atoms with Crippen molar-refractivity contribution in [2.75, 3.05) is 19.6 Å². The van der Waals surface area contributed by atoms with Crippen LogP contribution in [0.5, 0.6) is 0 Å². The Morgan fingerprint density at radius 2 is 1.87 bits per heavy atom. The van der Waals surface area contributed by atoms with Gasteiger partial charge in [0.15, 0.2) is 0 Å². The van der Waals surface area contributed by atoms with Gasteiger partial charge in [-0.1, -0.05) is 19.3 Å². The van der Waals surface area contributed by atoms with Crippen LogP contribution in [-0.4, -0.2) is 35.6 Å². The Hall–Kier alpha value is -0.280. The van der Waals surface area contributed by atoms with Crippen LogP contribution in [0.2, 0.25) is 0 Å². The molecule has 1 N–H and O–H groups in total. The van der Waals surface area contributed by atoms with Crippen molar-refractivity contribution in [2.24, 2.45) is 11.8 Å². The Morgan fingerprint density at radius 1 is 1.20 bits per heavy atom. The molecule has 1 heterocycles. The third kappa shape index (κ3) is 3.35. The molecular formula is C11H20ClNO2. The summed E-state index contributed by atoms with van der Waals surface area (Å²) in [6.07, 6.45) is 6.66. The van der Waals surface area contributed by atoms with E-state index in [-0.39, 0.29) is 19.0 Å². The molecule has 2 unspecified atom stereocenters. The molecule has 0 aromatic rings. The van der Waals surface area contributed by atoms with E-state index >= 15 is 0 Å². The Balaban J connectivity index is 0.00000112. The average Bonchev–Trinajstić information content (AvgIpc) is 2.17. The number of hydrogen-bond donors (Lipinski definition) is 1. The van der Waals surface area contributed by atoms with Crippen molar-refractivity contribution in [2.45, 2.75) is 32.1 Å². The summed E-state index contributed by atoms with van der Waals surface area (Å²) in [6, 6.07) is 0. The molecule has 0 amide bonds. The Kier molecular flexibility index (Phi) is 4.87. The summed E-state index contributed by atoms with van der Waals surface area (Å²) in [4.78, 5) is 12.7. The number of hydrogen-bond acceptors (Lipinski definition) is 2. The first-order chi connectivity index (χ1) is 6.75. The molecule has 0 bridgehead atoms. The lowest BCUT2D eigenvalue weighted by molar-refractivity contribution is -0.139. The van der Waals surface area contributed by atoms with E-state index in [1.54, 1.807) is 0 Å². The number of carboxylic acid groups (broad SMARTS) is 1. The Morgan fingerprint density at radius 3 is 2.53 bits per heavy atom. The zero-order chi connectivity index (χ0) is 9.97. The number of fused-ring (bicyclic) bond motifs is 1. The van der Waals surface area contributed by atoms with Crippen LogP contribution in [-0.2, 0) is 4.79 Å². The van der Waals surface area contributed by atoms with E-state index in [9.17, 15) is 4.79 Å². The zero-order valence-electron chi connectivity index (χ0n) is 9.02. The van der Waals surface area contributed by atoms with Gasteiger partial charge in [0.05, 0.1) is 6.54 Å². The number of nitrogens with zero attached hydrogens (tertiary/aromatic N) is 1. The lowest BCUT2D eigenvalue weighted by Gasteiger charge is -2.40. The molecule has 2 rings (SSSR count). The number of carboxylic acids is 1. The second-order valence-electron chi connectivity index (χ2n) is 4.72. The molecule has 15 heavy (non-hydrogen) atoms. The molecule has 88 valence electrons. The molecule has 4 heteroatoms. The maximum absolute atomic E-state index is 10.6. The van der Waals surface area contributed by atoms with Gasteiger partial charge < -0.3 is 5.11 Å². The molecule has 2 aliphatic rings. The molecule has 1 aliphatic carbocycles. The zero-order valence-corrected chi connectivity index (χ0v) is 9.84.